The second-order valence-electron chi connectivity index (χ2n) is 9.00. The Bertz CT molecular complexity index is 901. The lowest BCUT2D eigenvalue weighted by atomic mass is 9.52. The Balaban J connectivity index is 1.24. The van der Waals surface area contributed by atoms with Gasteiger partial charge in [-0.3, -0.25) is 4.79 Å². The van der Waals surface area contributed by atoms with Gasteiger partial charge in [-0.15, -0.1) is 0 Å². The van der Waals surface area contributed by atoms with Gasteiger partial charge in [0.25, 0.3) is 5.91 Å². The van der Waals surface area contributed by atoms with Crippen molar-refractivity contribution in [2.75, 3.05) is 0 Å². The van der Waals surface area contributed by atoms with E-state index in [-0.39, 0.29) is 11.9 Å². The summed E-state index contributed by atoms with van der Waals surface area (Å²) in [5.41, 5.74) is 1.03. The van der Waals surface area contributed by atoms with Crippen molar-refractivity contribution in [2.45, 2.75) is 50.4 Å². The number of aromatic nitrogens is 1. The van der Waals surface area contributed by atoms with E-state index >= 15 is 0 Å². The number of hydrogen-bond donors (Lipinski definition) is 2. The standard InChI is InChI=1S/C23H25ClN2O3/c24-20-5-4-14(12-25-20)13-29-19-3-1-2-16(8-19)22(27)26-21-17-6-15-7-18(21)11-23(28,9-15)10-17/h1-5,8,12,15,17-18,21,28H,6-7,9-11,13H2,(H,26,27). The van der Waals surface area contributed by atoms with Gasteiger partial charge in [0.1, 0.15) is 17.5 Å². The van der Waals surface area contributed by atoms with E-state index in [4.69, 9.17) is 16.3 Å². The van der Waals surface area contributed by atoms with Crippen LogP contribution in [0.2, 0.25) is 5.15 Å². The first-order valence-corrected chi connectivity index (χ1v) is 10.7. The highest BCUT2D eigenvalue weighted by atomic mass is 35.5. The number of carbonyl (C=O) groups excluding carboxylic acids is 1. The van der Waals surface area contributed by atoms with Crippen molar-refractivity contribution in [1.29, 1.82) is 0 Å². The predicted octanol–water partition coefficient (Wildman–Crippen LogP) is 3.98. The number of pyridine rings is 1. The van der Waals surface area contributed by atoms with Crippen LogP contribution in [-0.2, 0) is 6.61 Å². The van der Waals surface area contributed by atoms with E-state index in [1.165, 1.54) is 0 Å². The molecule has 1 aromatic heterocycles. The molecule has 6 heteroatoms. The minimum atomic E-state index is -0.484. The normalized spacial score (nSPS) is 32.2. The molecular formula is C23H25ClN2O3. The van der Waals surface area contributed by atoms with Crippen LogP contribution in [0.1, 0.15) is 48.0 Å². The molecule has 4 aliphatic carbocycles. The maximum atomic E-state index is 12.9. The van der Waals surface area contributed by atoms with Gasteiger partial charge in [-0.1, -0.05) is 23.7 Å². The summed E-state index contributed by atoms with van der Waals surface area (Å²) in [6.07, 6.45) is 6.53. The average Bonchev–Trinajstić information content (AvgIpc) is 2.69. The number of hydrogen-bond acceptors (Lipinski definition) is 4. The second-order valence-corrected chi connectivity index (χ2v) is 9.39. The topological polar surface area (TPSA) is 71.5 Å². The van der Waals surface area contributed by atoms with Crippen LogP contribution < -0.4 is 10.1 Å². The van der Waals surface area contributed by atoms with Crippen molar-refractivity contribution in [1.82, 2.24) is 10.3 Å². The van der Waals surface area contributed by atoms with Crippen LogP contribution in [0, 0.1) is 17.8 Å². The molecule has 0 aliphatic heterocycles. The van der Waals surface area contributed by atoms with Crippen LogP contribution in [0.25, 0.3) is 0 Å². The lowest BCUT2D eigenvalue weighted by Crippen LogP contribution is -2.61. The quantitative estimate of drug-likeness (QED) is 0.728. The zero-order chi connectivity index (χ0) is 20.0. The Kier molecular flexibility index (Phi) is 4.75. The largest absolute Gasteiger partial charge is 0.489 e. The lowest BCUT2D eigenvalue weighted by molar-refractivity contribution is -0.136. The third kappa shape index (κ3) is 3.86. The summed E-state index contributed by atoms with van der Waals surface area (Å²) in [7, 11) is 0. The number of carbonyl (C=O) groups is 1. The molecule has 4 aliphatic rings. The second kappa shape index (κ2) is 7.29. The minimum absolute atomic E-state index is 0.0620. The van der Waals surface area contributed by atoms with Gasteiger partial charge in [-0.2, -0.15) is 0 Å². The number of nitrogens with zero attached hydrogens (tertiary/aromatic N) is 1. The number of rotatable bonds is 5. The van der Waals surface area contributed by atoms with Crippen molar-refractivity contribution in [2.24, 2.45) is 17.8 Å². The number of amides is 1. The summed E-state index contributed by atoms with van der Waals surface area (Å²) in [6, 6.07) is 11.0. The first kappa shape index (κ1) is 18.9. The van der Waals surface area contributed by atoms with Crippen LogP contribution in [0.15, 0.2) is 42.6 Å². The van der Waals surface area contributed by atoms with Crippen molar-refractivity contribution < 1.29 is 14.6 Å². The summed E-state index contributed by atoms with van der Waals surface area (Å²) in [5, 5.41) is 14.5. The van der Waals surface area contributed by atoms with Gasteiger partial charge in [-0.05, 0) is 74.1 Å². The Hall–Kier alpha value is -2.11. The van der Waals surface area contributed by atoms with E-state index in [9.17, 15) is 9.90 Å². The van der Waals surface area contributed by atoms with Gasteiger partial charge in [-0.25, -0.2) is 4.98 Å². The maximum Gasteiger partial charge on any atom is 0.251 e. The zero-order valence-electron chi connectivity index (χ0n) is 16.2. The smallest absolute Gasteiger partial charge is 0.251 e. The summed E-state index contributed by atoms with van der Waals surface area (Å²) in [5.74, 6) is 2.00. The number of ether oxygens (including phenoxy) is 1. The Morgan fingerprint density at radius 1 is 1.21 bits per heavy atom. The molecule has 5 nitrogen and oxygen atoms in total. The van der Waals surface area contributed by atoms with Gasteiger partial charge in [0.15, 0.2) is 0 Å². The molecule has 29 heavy (non-hydrogen) atoms. The molecule has 4 fully saturated rings. The average molecular weight is 413 g/mol. The van der Waals surface area contributed by atoms with Gasteiger partial charge in [0.2, 0.25) is 0 Å². The SMILES string of the molecule is O=C(NC1C2CC3CC1CC(O)(C3)C2)c1cccc(OCc2ccc(Cl)nc2)c1. The first-order valence-electron chi connectivity index (χ1n) is 10.3. The molecule has 2 aromatic rings. The number of benzene rings is 1. The van der Waals surface area contributed by atoms with Crippen LogP contribution in [-0.4, -0.2) is 27.6 Å². The summed E-state index contributed by atoms with van der Waals surface area (Å²) < 4.78 is 5.82. The van der Waals surface area contributed by atoms with E-state index in [1.54, 1.807) is 18.3 Å². The highest BCUT2D eigenvalue weighted by Gasteiger charge is 2.55. The van der Waals surface area contributed by atoms with Crippen LogP contribution in [0.3, 0.4) is 0 Å². The highest BCUT2D eigenvalue weighted by Crippen LogP contribution is 2.55. The van der Waals surface area contributed by atoms with Crippen molar-refractivity contribution in [3.05, 3.63) is 58.9 Å². The Morgan fingerprint density at radius 2 is 2.00 bits per heavy atom. The first-order chi connectivity index (χ1) is 14.0. The molecule has 1 heterocycles. The van der Waals surface area contributed by atoms with Crippen LogP contribution in [0.4, 0.5) is 0 Å². The molecular weight excluding hydrogens is 388 g/mol. The molecule has 6 rings (SSSR count). The fraction of sp³-hybridized carbons (Fsp3) is 0.478. The highest BCUT2D eigenvalue weighted by molar-refractivity contribution is 6.29. The third-order valence-corrected chi connectivity index (χ3v) is 7.05. The third-order valence-electron chi connectivity index (χ3n) is 6.83. The van der Waals surface area contributed by atoms with Crippen LogP contribution >= 0.6 is 11.6 Å². The molecule has 2 N–H and O–H groups in total. The van der Waals surface area contributed by atoms with Crippen molar-refractivity contribution in [3.63, 3.8) is 0 Å². The Labute approximate surface area is 175 Å². The molecule has 0 spiro atoms. The molecule has 152 valence electrons. The molecule has 2 atom stereocenters. The molecule has 4 bridgehead atoms. The van der Waals surface area contributed by atoms with E-state index in [0.717, 1.165) is 37.7 Å². The van der Waals surface area contributed by atoms with Crippen molar-refractivity contribution in [3.8, 4) is 5.75 Å². The lowest BCUT2D eigenvalue weighted by Gasteiger charge is -2.58. The van der Waals surface area contributed by atoms with Gasteiger partial charge < -0.3 is 15.2 Å². The summed E-state index contributed by atoms with van der Waals surface area (Å²) in [6.45, 7) is 0.363. The maximum absolute atomic E-state index is 12.9. The van der Waals surface area contributed by atoms with Gasteiger partial charge in [0, 0.05) is 23.4 Å². The molecule has 2 unspecified atom stereocenters. The monoisotopic (exact) mass is 412 g/mol. The fourth-order valence-electron chi connectivity index (χ4n) is 5.84. The molecule has 1 amide bonds. The van der Waals surface area contributed by atoms with Gasteiger partial charge in [0.05, 0.1) is 5.60 Å². The van der Waals surface area contributed by atoms with E-state index in [0.29, 0.717) is 40.8 Å². The predicted molar refractivity (Wildman–Crippen MR) is 110 cm³/mol. The molecule has 0 saturated heterocycles. The summed E-state index contributed by atoms with van der Waals surface area (Å²) in [4.78, 5) is 17.0. The van der Waals surface area contributed by atoms with E-state index < -0.39 is 5.60 Å². The number of halogens is 1. The Morgan fingerprint density at radius 3 is 2.69 bits per heavy atom. The van der Waals surface area contributed by atoms with Crippen molar-refractivity contribution >= 4 is 17.5 Å². The fourth-order valence-corrected chi connectivity index (χ4v) is 5.95. The summed E-state index contributed by atoms with van der Waals surface area (Å²) >= 11 is 5.81. The van der Waals surface area contributed by atoms with Crippen LogP contribution in [0.5, 0.6) is 5.75 Å². The number of nitrogens with one attached hydrogen (secondary N) is 1. The molecule has 1 aromatic carbocycles. The zero-order valence-corrected chi connectivity index (χ0v) is 16.9. The minimum Gasteiger partial charge on any atom is -0.489 e. The molecule has 0 radical (unpaired) electrons. The van der Waals surface area contributed by atoms with E-state index in [2.05, 4.69) is 10.3 Å². The molecule has 4 saturated carbocycles. The number of aliphatic hydroxyl groups is 1. The van der Waals surface area contributed by atoms with E-state index in [1.807, 2.05) is 24.3 Å². The van der Waals surface area contributed by atoms with Gasteiger partial charge >= 0.3 is 0 Å².